The second kappa shape index (κ2) is 8.56. The van der Waals surface area contributed by atoms with Crippen molar-refractivity contribution < 1.29 is 14.3 Å². The fraction of sp³-hybridized carbons (Fsp3) is 0.0952. The number of pyridine rings is 1. The van der Waals surface area contributed by atoms with E-state index in [1.807, 2.05) is 6.07 Å². The summed E-state index contributed by atoms with van der Waals surface area (Å²) in [5.74, 6) is 1.45. The van der Waals surface area contributed by atoms with Crippen molar-refractivity contribution in [2.75, 3.05) is 24.9 Å². The summed E-state index contributed by atoms with van der Waals surface area (Å²) in [6.45, 7) is 0. The van der Waals surface area contributed by atoms with Crippen molar-refractivity contribution in [2.24, 2.45) is 0 Å². The summed E-state index contributed by atoms with van der Waals surface area (Å²) in [6.07, 6.45) is 1.54. The number of amides is 1. The lowest BCUT2D eigenvalue weighted by Crippen LogP contribution is -2.12. The number of rotatable bonds is 6. The van der Waals surface area contributed by atoms with E-state index in [4.69, 9.17) is 14.7 Å². The van der Waals surface area contributed by atoms with Gasteiger partial charge in [-0.1, -0.05) is 6.07 Å². The molecule has 140 valence electrons. The van der Waals surface area contributed by atoms with Crippen LogP contribution in [0.4, 0.5) is 17.2 Å². The molecule has 28 heavy (non-hydrogen) atoms. The minimum Gasteiger partial charge on any atom is -0.497 e. The maximum atomic E-state index is 12.5. The van der Waals surface area contributed by atoms with Crippen molar-refractivity contribution in [3.05, 3.63) is 71.9 Å². The van der Waals surface area contributed by atoms with Crippen molar-refractivity contribution in [3.63, 3.8) is 0 Å². The van der Waals surface area contributed by atoms with Crippen molar-refractivity contribution in [3.8, 4) is 17.6 Å². The zero-order valence-corrected chi connectivity index (χ0v) is 15.4. The fourth-order valence-corrected chi connectivity index (χ4v) is 2.56. The topological polar surface area (TPSA) is 96.3 Å². The van der Waals surface area contributed by atoms with Gasteiger partial charge in [0.1, 0.15) is 17.3 Å². The molecule has 0 fully saturated rings. The summed E-state index contributed by atoms with van der Waals surface area (Å²) in [5.41, 5.74) is 2.10. The summed E-state index contributed by atoms with van der Waals surface area (Å²) in [6, 6.07) is 17.3. The first-order valence-corrected chi connectivity index (χ1v) is 8.39. The van der Waals surface area contributed by atoms with Crippen LogP contribution in [0, 0.1) is 11.3 Å². The lowest BCUT2D eigenvalue weighted by Gasteiger charge is -2.13. The molecule has 0 saturated carbocycles. The van der Waals surface area contributed by atoms with E-state index in [2.05, 4.69) is 15.6 Å². The van der Waals surface area contributed by atoms with Crippen molar-refractivity contribution >= 4 is 23.1 Å². The molecule has 1 heterocycles. The van der Waals surface area contributed by atoms with Gasteiger partial charge in [-0.2, -0.15) is 5.26 Å². The first kappa shape index (κ1) is 18.7. The van der Waals surface area contributed by atoms with Gasteiger partial charge in [-0.25, -0.2) is 4.98 Å². The average Bonchev–Trinajstić information content (AvgIpc) is 2.74. The van der Waals surface area contributed by atoms with Crippen LogP contribution in [0.3, 0.4) is 0 Å². The van der Waals surface area contributed by atoms with Crippen molar-refractivity contribution in [1.29, 1.82) is 5.26 Å². The van der Waals surface area contributed by atoms with Crippen LogP contribution in [0.25, 0.3) is 0 Å². The standard InChI is InChI=1S/C21H18N4O3/c1-27-17-6-7-19(28-2)18(12-17)25-20-11-15(8-9-23-20)21(26)24-16-5-3-4-14(10-16)13-22/h3-12H,1-2H3,(H,23,25)(H,24,26). The molecule has 0 atom stereocenters. The van der Waals surface area contributed by atoms with Crippen LogP contribution in [0.5, 0.6) is 11.5 Å². The van der Waals surface area contributed by atoms with E-state index in [-0.39, 0.29) is 5.91 Å². The van der Waals surface area contributed by atoms with Gasteiger partial charge in [-0.15, -0.1) is 0 Å². The molecule has 0 spiro atoms. The molecule has 0 aliphatic heterocycles. The van der Waals surface area contributed by atoms with Crippen LogP contribution in [0.15, 0.2) is 60.8 Å². The predicted molar refractivity (Wildman–Crippen MR) is 106 cm³/mol. The summed E-state index contributed by atoms with van der Waals surface area (Å²) >= 11 is 0. The zero-order chi connectivity index (χ0) is 19.9. The van der Waals surface area contributed by atoms with Gasteiger partial charge in [0.2, 0.25) is 0 Å². The van der Waals surface area contributed by atoms with Gasteiger partial charge in [-0.05, 0) is 42.5 Å². The van der Waals surface area contributed by atoms with E-state index in [9.17, 15) is 4.79 Å². The fourth-order valence-electron chi connectivity index (χ4n) is 2.56. The first-order chi connectivity index (χ1) is 13.6. The normalized spacial score (nSPS) is 9.89. The number of nitrogens with zero attached hydrogens (tertiary/aromatic N) is 2. The molecule has 3 aromatic rings. The molecule has 1 amide bonds. The van der Waals surface area contributed by atoms with Crippen LogP contribution >= 0.6 is 0 Å². The number of methoxy groups -OCH3 is 2. The zero-order valence-electron chi connectivity index (χ0n) is 15.4. The number of nitriles is 1. The van der Waals surface area contributed by atoms with Gasteiger partial charge >= 0.3 is 0 Å². The molecule has 2 aromatic carbocycles. The Bertz CT molecular complexity index is 1040. The Hall–Kier alpha value is -4.05. The van der Waals surface area contributed by atoms with Gasteiger partial charge in [-0.3, -0.25) is 4.79 Å². The number of anilines is 3. The van der Waals surface area contributed by atoms with E-state index in [0.717, 1.165) is 0 Å². The van der Waals surface area contributed by atoms with Crippen LogP contribution < -0.4 is 20.1 Å². The number of carbonyl (C=O) groups is 1. The highest BCUT2D eigenvalue weighted by Gasteiger charge is 2.10. The molecule has 0 radical (unpaired) electrons. The third kappa shape index (κ3) is 4.37. The van der Waals surface area contributed by atoms with Crippen LogP contribution in [0.2, 0.25) is 0 Å². The molecular weight excluding hydrogens is 356 g/mol. The number of hydrogen-bond acceptors (Lipinski definition) is 6. The van der Waals surface area contributed by atoms with Crippen molar-refractivity contribution in [2.45, 2.75) is 0 Å². The number of benzene rings is 2. The molecule has 0 unspecified atom stereocenters. The highest BCUT2D eigenvalue weighted by molar-refractivity contribution is 6.04. The van der Waals surface area contributed by atoms with Gasteiger partial charge in [0, 0.05) is 23.5 Å². The van der Waals surface area contributed by atoms with E-state index in [0.29, 0.717) is 39.8 Å². The Balaban J connectivity index is 1.80. The Morgan fingerprint density at radius 1 is 1.07 bits per heavy atom. The summed E-state index contributed by atoms with van der Waals surface area (Å²) < 4.78 is 10.6. The lowest BCUT2D eigenvalue weighted by atomic mass is 10.2. The molecule has 0 saturated heterocycles. The second-order valence-corrected chi connectivity index (χ2v) is 5.77. The summed E-state index contributed by atoms with van der Waals surface area (Å²) in [7, 11) is 3.15. The molecular formula is C21H18N4O3. The smallest absolute Gasteiger partial charge is 0.255 e. The van der Waals surface area contributed by atoms with Gasteiger partial charge < -0.3 is 20.1 Å². The lowest BCUT2D eigenvalue weighted by molar-refractivity contribution is 0.102. The van der Waals surface area contributed by atoms with E-state index in [1.54, 1.807) is 68.8 Å². The Labute approximate surface area is 162 Å². The molecule has 7 nitrogen and oxygen atoms in total. The molecule has 0 aliphatic carbocycles. The molecule has 2 N–H and O–H groups in total. The van der Waals surface area contributed by atoms with Gasteiger partial charge in [0.15, 0.2) is 0 Å². The minimum atomic E-state index is -0.307. The maximum Gasteiger partial charge on any atom is 0.255 e. The number of aromatic nitrogens is 1. The highest BCUT2D eigenvalue weighted by Crippen LogP contribution is 2.31. The third-order valence-electron chi connectivity index (χ3n) is 3.94. The van der Waals surface area contributed by atoms with Crippen LogP contribution in [-0.4, -0.2) is 25.1 Å². The first-order valence-electron chi connectivity index (χ1n) is 8.39. The van der Waals surface area contributed by atoms with E-state index >= 15 is 0 Å². The van der Waals surface area contributed by atoms with Crippen LogP contribution in [0.1, 0.15) is 15.9 Å². The van der Waals surface area contributed by atoms with Gasteiger partial charge in [0.05, 0.1) is 31.5 Å². The highest BCUT2D eigenvalue weighted by atomic mass is 16.5. The average molecular weight is 374 g/mol. The predicted octanol–water partition coefficient (Wildman–Crippen LogP) is 3.97. The summed E-state index contributed by atoms with van der Waals surface area (Å²) in [5, 5.41) is 14.9. The third-order valence-corrected chi connectivity index (χ3v) is 3.94. The SMILES string of the molecule is COc1ccc(OC)c(Nc2cc(C(=O)Nc3cccc(C#N)c3)ccn2)c1. The quantitative estimate of drug-likeness (QED) is 0.678. The largest absolute Gasteiger partial charge is 0.497 e. The number of ether oxygens (including phenoxy) is 2. The summed E-state index contributed by atoms with van der Waals surface area (Å²) in [4.78, 5) is 16.8. The Kier molecular flexibility index (Phi) is 5.72. The molecule has 0 aliphatic rings. The van der Waals surface area contributed by atoms with Crippen molar-refractivity contribution in [1.82, 2.24) is 4.98 Å². The monoisotopic (exact) mass is 374 g/mol. The van der Waals surface area contributed by atoms with Crippen LogP contribution in [-0.2, 0) is 0 Å². The molecule has 0 bridgehead atoms. The molecule has 1 aromatic heterocycles. The minimum absolute atomic E-state index is 0.307. The Morgan fingerprint density at radius 2 is 1.93 bits per heavy atom. The molecule has 7 heteroatoms. The molecule has 3 rings (SSSR count). The van der Waals surface area contributed by atoms with E-state index < -0.39 is 0 Å². The number of carbonyl (C=O) groups excluding carboxylic acids is 1. The number of nitrogens with one attached hydrogen (secondary N) is 2. The Morgan fingerprint density at radius 3 is 2.68 bits per heavy atom. The van der Waals surface area contributed by atoms with E-state index in [1.165, 1.54) is 6.20 Å². The van der Waals surface area contributed by atoms with Gasteiger partial charge in [0.25, 0.3) is 5.91 Å². The number of hydrogen-bond donors (Lipinski definition) is 2. The second-order valence-electron chi connectivity index (χ2n) is 5.77. The maximum absolute atomic E-state index is 12.5.